The Morgan fingerprint density at radius 2 is 1.44 bits per heavy atom. The third-order valence-corrected chi connectivity index (χ3v) is 2.74. The summed E-state index contributed by atoms with van der Waals surface area (Å²) in [5.41, 5.74) is 1.57. The van der Waals surface area contributed by atoms with Crippen molar-refractivity contribution >= 4 is 28.9 Å². The molecule has 1 rings (SSSR count). The first-order chi connectivity index (χ1) is 7.34. The van der Waals surface area contributed by atoms with Crippen molar-refractivity contribution in [3.63, 3.8) is 0 Å². The van der Waals surface area contributed by atoms with Crippen molar-refractivity contribution in [3.8, 4) is 0 Å². The lowest BCUT2D eigenvalue weighted by molar-refractivity contribution is 0.101. The van der Waals surface area contributed by atoms with Crippen molar-refractivity contribution in [3.05, 3.63) is 28.3 Å². The molecule has 0 bridgehead atoms. The van der Waals surface area contributed by atoms with E-state index in [0.717, 1.165) is 5.69 Å². The van der Waals surface area contributed by atoms with E-state index in [9.17, 15) is 9.59 Å². The van der Waals surface area contributed by atoms with Crippen molar-refractivity contribution in [2.24, 2.45) is 0 Å². The summed E-state index contributed by atoms with van der Waals surface area (Å²) in [6.07, 6.45) is 0. The van der Waals surface area contributed by atoms with Crippen LogP contribution in [0.2, 0.25) is 5.02 Å². The van der Waals surface area contributed by atoms with Gasteiger partial charge in [-0.25, -0.2) is 0 Å². The highest BCUT2D eigenvalue weighted by molar-refractivity contribution is 6.37. The first-order valence-electron chi connectivity index (χ1n) is 4.87. The molecular weight excluding hydrogens is 226 g/mol. The zero-order chi connectivity index (χ0) is 12.5. The van der Waals surface area contributed by atoms with E-state index in [0.29, 0.717) is 11.1 Å². The maximum Gasteiger partial charge on any atom is 0.161 e. The fourth-order valence-electron chi connectivity index (χ4n) is 1.38. The largest absolute Gasteiger partial charge is 0.378 e. The van der Waals surface area contributed by atoms with Gasteiger partial charge in [0.2, 0.25) is 0 Å². The fraction of sp³-hybridized carbons (Fsp3) is 0.333. The number of nitrogens with zero attached hydrogens (tertiary/aromatic N) is 1. The lowest BCUT2D eigenvalue weighted by atomic mass is 10.0. The molecule has 0 atom stereocenters. The summed E-state index contributed by atoms with van der Waals surface area (Å²) in [5.74, 6) is -0.285. The van der Waals surface area contributed by atoms with E-state index in [-0.39, 0.29) is 16.6 Å². The Morgan fingerprint density at radius 3 is 1.69 bits per heavy atom. The fourth-order valence-corrected chi connectivity index (χ4v) is 1.76. The van der Waals surface area contributed by atoms with E-state index >= 15 is 0 Å². The van der Waals surface area contributed by atoms with Crippen LogP contribution in [0, 0.1) is 0 Å². The molecule has 4 heteroatoms. The number of hydrogen-bond donors (Lipinski definition) is 0. The van der Waals surface area contributed by atoms with Crippen LogP contribution in [-0.2, 0) is 0 Å². The minimum absolute atomic E-state index is 0.142. The molecule has 0 N–H and O–H groups in total. The number of anilines is 1. The third kappa shape index (κ3) is 2.42. The van der Waals surface area contributed by atoms with E-state index in [4.69, 9.17) is 11.6 Å². The average Bonchev–Trinajstić information content (AvgIpc) is 2.16. The first-order valence-corrected chi connectivity index (χ1v) is 5.25. The second-order valence-corrected chi connectivity index (χ2v) is 4.24. The zero-order valence-corrected chi connectivity index (χ0v) is 10.6. The van der Waals surface area contributed by atoms with E-state index in [1.54, 1.807) is 12.1 Å². The average molecular weight is 240 g/mol. The summed E-state index contributed by atoms with van der Waals surface area (Å²) in [6, 6.07) is 3.38. The molecule has 0 radical (unpaired) electrons. The van der Waals surface area contributed by atoms with Crippen LogP contribution in [0.5, 0.6) is 0 Å². The number of ketones is 2. The molecule has 3 nitrogen and oxygen atoms in total. The highest BCUT2D eigenvalue weighted by Crippen LogP contribution is 2.27. The van der Waals surface area contributed by atoms with Gasteiger partial charge in [-0.15, -0.1) is 0 Å². The third-order valence-electron chi connectivity index (χ3n) is 2.33. The molecule has 0 spiro atoms. The normalized spacial score (nSPS) is 10.1. The molecule has 1 aromatic rings. The van der Waals surface area contributed by atoms with E-state index in [2.05, 4.69) is 0 Å². The summed E-state index contributed by atoms with van der Waals surface area (Å²) >= 11 is 6.02. The highest BCUT2D eigenvalue weighted by atomic mass is 35.5. The van der Waals surface area contributed by atoms with Gasteiger partial charge >= 0.3 is 0 Å². The molecule has 0 saturated carbocycles. The molecule has 16 heavy (non-hydrogen) atoms. The minimum Gasteiger partial charge on any atom is -0.378 e. The molecule has 0 aliphatic carbocycles. The monoisotopic (exact) mass is 239 g/mol. The van der Waals surface area contributed by atoms with Crippen LogP contribution < -0.4 is 4.90 Å². The number of hydrogen-bond acceptors (Lipinski definition) is 3. The molecule has 86 valence electrons. The summed E-state index contributed by atoms with van der Waals surface area (Å²) < 4.78 is 0. The summed E-state index contributed by atoms with van der Waals surface area (Å²) in [6.45, 7) is 2.87. The zero-order valence-electron chi connectivity index (χ0n) is 9.80. The van der Waals surface area contributed by atoms with Gasteiger partial charge < -0.3 is 4.90 Å². The highest BCUT2D eigenvalue weighted by Gasteiger charge is 2.15. The molecule has 0 aliphatic rings. The van der Waals surface area contributed by atoms with Gasteiger partial charge in [0.25, 0.3) is 0 Å². The van der Waals surface area contributed by atoms with Crippen LogP contribution in [0.4, 0.5) is 5.69 Å². The van der Waals surface area contributed by atoms with Gasteiger partial charge in [-0.1, -0.05) is 11.6 Å². The molecule has 0 aliphatic heterocycles. The molecule has 0 heterocycles. The SMILES string of the molecule is CC(=O)c1cc(N(C)C)cc(C(C)=O)c1Cl. The predicted octanol–water partition coefficient (Wildman–Crippen LogP) is 2.81. The van der Waals surface area contributed by atoms with Gasteiger partial charge in [-0.05, 0) is 26.0 Å². The summed E-state index contributed by atoms with van der Waals surface area (Å²) in [4.78, 5) is 24.6. The molecule has 0 aromatic heterocycles. The Morgan fingerprint density at radius 1 is 1.06 bits per heavy atom. The molecule has 0 unspecified atom stereocenters. The van der Waals surface area contributed by atoms with Gasteiger partial charge in [0, 0.05) is 30.9 Å². The summed E-state index contributed by atoms with van der Waals surface area (Å²) in [7, 11) is 3.69. The van der Waals surface area contributed by atoms with Gasteiger partial charge in [-0.3, -0.25) is 9.59 Å². The quantitative estimate of drug-likeness (QED) is 0.762. The maximum absolute atomic E-state index is 11.4. The second kappa shape index (κ2) is 4.66. The van der Waals surface area contributed by atoms with Crippen molar-refractivity contribution in [2.45, 2.75) is 13.8 Å². The van der Waals surface area contributed by atoms with Crippen LogP contribution >= 0.6 is 11.6 Å². The van der Waals surface area contributed by atoms with Crippen LogP contribution in [0.3, 0.4) is 0 Å². The summed E-state index contributed by atoms with van der Waals surface area (Å²) in [5, 5.41) is 0.241. The maximum atomic E-state index is 11.4. The Bertz CT molecular complexity index is 417. The number of halogens is 1. The predicted molar refractivity (Wildman–Crippen MR) is 65.8 cm³/mol. The van der Waals surface area contributed by atoms with Crippen molar-refractivity contribution in [1.29, 1.82) is 0 Å². The lowest BCUT2D eigenvalue weighted by Crippen LogP contribution is -2.11. The van der Waals surface area contributed by atoms with Crippen molar-refractivity contribution in [2.75, 3.05) is 19.0 Å². The Hall–Kier alpha value is -1.35. The molecular formula is C12H14ClNO2. The van der Waals surface area contributed by atoms with E-state index in [1.807, 2.05) is 19.0 Å². The number of carbonyl (C=O) groups is 2. The number of benzene rings is 1. The van der Waals surface area contributed by atoms with Gasteiger partial charge in [0.1, 0.15) is 0 Å². The van der Waals surface area contributed by atoms with Crippen molar-refractivity contribution in [1.82, 2.24) is 0 Å². The van der Waals surface area contributed by atoms with E-state index in [1.165, 1.54) is 13.8 Å². The molecule has 1 aromatic carbocycles. The van der Waals surface area contributed by atoms with Crippen LogP contribution in [0.1, 0.15) is 34.6 Å². The van der Waals surface area contributed by atoms with Crippen LogP contribution in [0.15, 0.2) is 12.1 Å². The first kappa shape index (κ1) is 12.7. The smallest absolute Gasteiger partial charge is 0.161 e. The number of carbonyl (C=O) groups excluding carboxylic acids is 2. The topological polar surface area (TPSA) is 37.4 Å². The minimum atomic E-state index is -0.142. The molecule has 0 amide bonds. The lowest BCUT2D eigenvalue weighted by Gasteiger charge is -2.16. The van der Waals surface area contributed by atoms with Gasteiger partial charge in [0.05, 0.1) is 5.02 Å². The van der Waals surface area contributed by atoms with Crippen LogP contribution in [0.25, 0.3) is 0 Å². The number of rotatable bonds is 3. The Balaban J connectivity index is 3.51. The van der Waals surface area contributed by atoms with E-state index < -0.39 is 0 Å². The molecule has 0 fully saturated rings. The second-order valence-electron chi connectivity index (χ2n) is 3.86. The van der Waals surface area contributed by atoms with Crippen molar-refractivity contribution < 1.29 is 9.59 Å². The number of Topliss-reactive ketones (excluding diaryl/α,β-unsaturated/α-hetero) is 2. The Labute approximate surface area is 100 Å². The Kier molecular flexibility index (Phi) is 3.70. The van der Waals surface area contributed by atoms with Gasteiger partial charge in [0.15, 0.2) is 11.6 Å². The standard InChI is InChI=1S/C12H14ClNO2/c1-7(15)10-5-9(14(3)4)6-11(8(2)16)12(10)13/h5-6H,1-4H3. The molecule has 0 saturated heterocycles. The van der Waals surface area contributed by atoms with Crippen LogP contribution in [-0.4, -0.2) is 25.7 Å². The van der Waals surface area contributed by atoms with Gasteiger partial charge in [-0.2, -0.15) is 0 Å².